The Kier molecular flexibility index (Phi) is 3.38. The van der Waals surface area contributed by atoms with Gasteiger partial charge in [0.05, 0.1) is 12.0 Å². The highest BCUT2D eigenvalue weighted by molar-refractivity contribution is 5.88. The zero-order valence-corrected chi connectivity index (χ0v) is 10.6. The van der Waals surface area contributed by atoms with Gasteiger partial charge < -0.3 is 15.5 Å². The molecule has 5 nitrogen and oxygen atoms in total. The molecule has 2 N–H and O–H groups in total. The van der Waals surface area contributed by atoms with Gasteiger partial charge in [0, 0.05) is 19.6 Å². The Hall–Kier alpha value is -1.10. The lowest BCUT2D eigenvalue weighted by atomic mass is 9.88. The topological polar surface area (TPSA) is 61.4 Å². The summed E-state index contributed by atoms with van der Waals surface area (Å²) < 4.78 is 0. The van der Waals surface area contributed by atoms with Crippen LogP contribution >= 0.6 is 0 Å². The largest absolute Gasteiger partial charge is 0.352 e. The monoisotopic (exact) mass is 239 g/mol. The van der Waals surface area contributed by atoms with E-state index in [9.17, 15) is 9.59 Å². The summed E-state index contributed by atoms with van der Waals surface area (Å²) in [5, 5.41) is 6.09. The number of likely N-dealkylation sites (N-methyl/N-ethyl adjacent to an activating group) is 1. The lowest BCUT2D eigenvalue weighted by molar-refractivity contribution is -0.141. The van der Waals surface area contributed by atoms with Crippen molar-refractivity contribution in [2.24, 2.45) is 5.41 Å². The Morgan fingerprint density at radius 2 is 2.18 bits per heavy atom. The summed E-state index contributed by atoms with van der Waals surface area (Å²) in [6, 6.07) is 0.356. The zero-order chi connectivity index (χ0) is 12.5. The molecule has 96 valence electrons. The molecule has 1 saturated heterocycles. The molecule has 1 aliphatic heterocycles. The number of nitrogens with zero attached hydrogens (tertiary/aromatic N) is 1. The standard InChI is InChI=1S/C12H21N3O2/c1-12(5-6-13-8-12)11(17)15(2)7-10(16)14-9-3-4-9/h9,13H,3-8H2,1-2H3,(H,14,16). The van der Waals surface area contributed by atoms with Crippen molar-refractivity contribution in [2.45, 2.75) is 32.2 Å². The predicted molar refractivity (Wildman–Crippen MR) is 64.4 cm³/mol. The van der Waals surface area contributed by atoms with Crippen molar-refractivity contribution in [3.63, 3.8) is 0 Å². The van der Waals surface area contributed by atoms with Gasteiger partial charge in [-0.1, -0.05) is 0 Å². The van der Waals surface area contributed by atoms with Crippen LogP contribution < -0.4 is 10.6 Å². The summed E-state index contributed by atoms with van der Waals surface area (Å²) >= 11 is 0. The molecule has 2 rings (SSSR count). The van der Waals surface area contributed by atoms with Crippen LogP contribution in [-0.2, 0) is 9.59 Å². The van der Waals surface area contributed by atoms with Crippen molar-refractivity contribution in [1.29, 1.82) is 0 Å². The minimum Gasteiger partial charge on any atom is -0.352 e. The third-order valence-electron chi connectivity index (χ3n) is 3.55. The third-order valence-corrected chi connectivity index (χ3v) is 3.55. The molecule has 0 aromatic carbocycles. The second-order valence-corrected chi connectivity index (χ2v) is 5.49. The number of amides is 2. The van der Waals surface area contributed by atoms with E-state index in [0.29, 0.717) is 12.6 Å². The maximum absolute atomic E-state index is 12.2. The van der Waals surface area contributed by atoms with Crippen LogP contribution in [0.1, 0.15) is 26.2 Å². The first-order chi connectivity index (χ1) is 8.01. The smallest absolute Gasteiger partial charge is 0.239 e. The van der Waals surface area contributed by atoms with E-state index in [1.165, 1.54) is 0 Å². The minimum absolute atomic E-state index is 0.0436. The fourth-order valence-corrected chi connectivity index (χ4v) is 2.25. The first kappa shape index (κ1) is 12.4. The maximum atomic E-state index is 12.2. The number of hydrogen-bond acceptors (Lipinski definition) is 3. The summed E-state index contributed by atoms with van der Waals surface area (Å²) in [4.78, 5) is 25.4. The molecular weight excluding hydrogens is 218 g/mol. The Labute approximate surface area is 102 Å². The van der Waals surface area contributed by atoms with Gasteiger partial charge in [-0.3, -0.25) is 9.59 Å². The predicted octanol–water partition coefficient (Wildman–Crippen LogP) is -0.277. The van der Waals surface area contributed by atoms with E-state index in [1.54, 1.807) is 11.9 Å². The zero-order valence-electron chi connectivity index (χ0n) is 10.6. The average molecular weight is 239 g/mol. The van der Waals surface area contributed by atoms with Gasteiger partial charge >= 0.3 is 0 Å². The van der Waals surface area contributed by atoms with Gasteiger partial charge in [-0.2, -0.15) is 0 Å². The molecule has 0 bridgehead atoms. The van der Waals surface area contributed by atoms with Gasteiger partial charge in [0.1, 0.15) is 0 Å². The average Bonchev–Trinajstić information content (AvgIpc) is 2.96. The van der Waals surface area contributed by atoms with E-state index < -0.39 is 0 Å². The van der Waals surface area contributed by atoms with Crippen LogP contribution in [0, 0.1) is 5.41 Å². The molecule has 5 heteroatoms. The first-order valence-corrected chi connectivity index (χ1v) is 6.27. The molecule has 2 fully saturated rings. The fraction of sp³-hybridized carbons (Fsp3) is 0.833. The summed E-state index contributed by atoms with van der Waals surface area (Å²) in [5.74, 6) is 0.0198. The first-order valence-electron chi connectivity index (χ1n) is 6.27. The molecule has 0 aromatic rings. The molecule has 0 spiro atoms. The summed E-state index contributed by atoms with van der Waals surface area (Å²) in [6.45, 7) is 3.72. The Balaban J connectivity index is 1.83. The molecule has 1 unspecified atom stereocenters. The summed E-state index contributed by atoms with van der Waals surface area (Å²) in [5.41, 5.74) is -0.339. The third kappa shape index (κ3) is 2.97. The second-order valence-electron chi connectivity index (χ2n) is 5.49. The van der Waals surface area contributed by atoms with Crippen LogP contribution in [0.25, 0.3) is 0 Å². The molecule has 0 radical (unpaired) electrons. The van der Waals surface area contributed by atoms with Crippen molar-refractivity contribution in [1.82, 2.24) is 15.5 Å². The minimum atomic E-state index is -0.339. The van der Waals surface area contributed by atoms with E-state index in [1.807, 2.05) is 6.92 Å². The highest BCUT2D eigenvalue weighted by Gasteiger charge is 2.38. The van der Waals surface area contributed by atoms with E-state index in [0.717, 1.165) is 25.8 Å². The van der Waals surface area contributed by atoms with Gasteiger partial charge in [0.2, 0.25) is 11.8 Å². The molecule has 2 amide bonds. The van der Waals surface area contributed by atoms with Crippen molar-refractivity contribution in [3.8, 4) is 0 Å². The van der Waals surface area contributed by atoms with Crippen LogP contribution in [0.3, 0.4) is 0 Å². The van der Waals surface area contributed by atoms with E-state index in [-0.39, 0.29) is 23.8 Å². The quantitative estimate of drug-likeness (QED) is 0.709. The Morgan fingerprint density at radius 3 is 2.71 bits per heavy atom. The van der Waals surface area contributed by atoms with Gasteiger partial charge in [-0.05, 0) is 32.7 Å². The summed E-state index contributed by atoms with van der Waals surface area (Å²) in [6.07, 6.45) is 3.00. The van der Waals surface area contributed by atoms with Gasteiger partial charge in [0.25, 0.3) is 0 Å². The molecule has 1 atom stereocenters. The number of nitrogens with one attached hydrogen (secondary N) is 2. The molecule has 17 heavy (non-hydrogen) atoms. The van der Waals surface area contributed by atoms with Crippen LogP contribution in [0.4, 0.5) is 0 Å². The van der Waals surface area contributed by atoms with Gasteiger partial charge in [0.15, 0.2) is 0 Å². The number of rotatable bonds is 4. The van der Waals surface area contributed by atoms with Crippen molar-refractivity contribution >= 4 is 11.8 Å². The lowest BCUT2D eigenvalue weighted by Crippen LogP contribution is -2.46. The molecule has 1 saturated carbocycles. The molecule has 2 aliphatic rings. The van der Waals surface area contributed by atoms with E-state index in [4.69, 9.17) is 0 Å². The molecule has 1 aliphatic carbocycles. The Bertz CT molecular complexity index is 320. The van der Waals surface area contributed by atoms with E-state index in [2.05, 4.69) is 10.6 Å². The van der Waals surface area contributed by atoms with Gasteiger partial charge in [-0.25, -0.2) is 0 Å². The van der Waals surface area contributed by atoms with E-state index >= 15 is 0 Å². The number of hydrogen-bond donors (Lipinski definition) is 2. The van der Waals surface area contributed by atoms with Crippen molar-refractivity contribution in [2.75, 3.05) is 26.7 Å². The molecule has 1 heterocycles. The number of carbonyl (C=O) groups excluding carboxylic acids is 2. The SMILES string of the molecule is CN(CC(=O)NC1CC1)C(=O)C1(C)CCNC1. The van der Waals surface area contributed by atoms with Crippen LogP contribution in [-0.4, -0.2) is 49.4 Å². The van der Waals surface area contributed by atoms with Crippen molar-refractivity contribution in [3.05, 3.63) is 0 Å². The normalized spacial score (nSPS) is 27.9. The molecular formula is C12H21N3O2. The fourth-order valence-electron chi connectivity index (χ4n) is 2.25. The highest BCUT2D eigenvalue weighted by atomic mass is 16.2. The summed E-state index contributed by atoms with van der Waals surface area (Å²) in [7, 11) is 1.71. The van der Waals surface area contributed by atoms with Crippen LogP contribution in [0.2, 0.25) is 0 Å². The maximum Gasteiger partial charge on any atom is 0.239 e. The number of carbonyl (C=O) groups is 2. The Morgan fingerprint density at radius 1 is 1.47 bits per heavy atom. The van der Waals surface area contributed by atoms with Crippen molar-refractivity contribution < 1.29 is 9.59 Å². The second kappa shape index (κ2) is 4.64. The lowest BCUT2D eigenvalue weighted by Gasteiger charge is -2.27. The highest BCUT2D eigenvalue weighted by Crippen LogP contribution is 2.26. The van der Waals surface area contributed by atoms with Gasteiger partial charge in [-0.15, -0.1) is 0 Å². The van der Waals surface area contributed by atoms with Crippen LogP contribution in [0.5, 0.6) is 0 Å². The molecule has 0 aromatic heterocycles. The van der Waals surface area contributed by atoms with Crippen LogP contribution in [0.15, 0.2) is 0 Å².